The Morgan fingerprint density at radius 1 is 1.41 bits per heavy atom. The summed E-state index contributed by atoms with van der Waals surface area (Å²) in [4.78, 5) is 10.3. The number of aliphatic hydroxyl groups is 1. The summed E-state index contributed by atoms with van der Waals surface area (Å²) in [6.45, 7) is 9.59. The molecular weight excluding hydrogens is 372 g/mol. The molecule has 0 saturated carbocycles. The van der Waals surface area contributed by atoms with E-state index in [1.807, 2.05) is 20.8 Å². The largest absolute Gasteiger partial charge is 0.489 e. The highest BCUT2D eigenvalue weighted by atomic mass is 16.5. The van der Waals surface area contributed by atoms with E-state index >= 15 is 0 Å². The number of nitriles is 1. The van der Waals surface area contributed by atoms with E-state index in [4.69, 9.17) is 14.2 Å². The minimum absolute atomic E-state index is 0.121. The van der Waals surface area contributed by atoms with Crippen LogP contribution >= 0.6 is 0 Å². The van der Waals surface area contributed by atoms with Crippen molar-refractivity contribution in [2.45, 2.75) is 58.0 Å². The molecule has 1 aliphatic rings. The molecule has 29 heavy (non-hydrogen) atoms. The van der Waals surface area contributed by atoms with Crippen LogP contribution in [0.3, 0.4) is 0 Å². The molecule has 156 valence electrons. The Balaban J connectivity index is 2.31. The predicted octanol–water partition coefficient (Wildman–Crippen LogP) is 2.78. The molecule has 1 aliphatic heterocycles. The van der Waals surface area contributed by atoms with Gasteiger partial charge in [-0.1, -0.05) is 0 Å². The van der Waals surface area contributed by atoms with Gasteiger partial charge in [-0.3, -0.25) is 0 Å². The van der Waals surface area contributed by atoms with Crippen LogP contribution in [-0.2, 0) is 14.3 Å². The molecule has 0 radical (unpaired) electrons. The summed E-state index contributed by atoms with van der Waals surface area (Å²) >= 11 is 0. The molecule has 0 spiro atoms. The number of aliphatic hydroxyl groups excluding tert-OH is 1. The van der Waals surface area contributed by atoms with E-state index in [0.717, 1.165) is 0 Å². The molecule has 0 bridgehead atoms. The average molecular weight is 400 g/mol. The number of ether oxygens (including phenoxy) is 3. The minimum atomic E-state index is -0.880. The number of benzene rings is 1. The summed E-state index contributed by atoms with van der Waals surface area (Å²) in [5.41, 5.74) is -0.128. The van der Waals surface area contributed by atoms with Crippen LogP contribution in [0.25, 0.3) is 0 Å². The Kier molecular flexibility index (Phi) is 7.10. The standard InChI is InChI=1S/C22H28N2O5/c1-21(2,3)28-16(14-27-10-6-9-25)13-24-19-17-11-15(12-23)7-8-18(17)29-22(4,5)20(19)26/h6-8,11,13,19-20,24,26H,10,14H2,1-5H3/b16-13+/t19-,20+/m0/s1. The van der Waals surface area contributed by atoms with Gasteiger partial charge < -0.3 is 24.6 Å². The second kappa shape index (κ2) is 9.15. The smallest absolute Gasteiger partial charge is 0.138 e. The Morgan fingerprint density at radius 3 is 2.76 bits per heavy atom. The van der Waals surface area contributed by atoms with Gasteiger partial charge in [0, 0.05) is 17.8 Å². The SMILES string of the molecule is CC(C)(C)O/C(=C/N[C@H]1c2cc(C#N)ccc2OC(C)(C)[C@@H]1O)COCC=C=O. The Hall–Kier alpha value is -2.78. The van der Waals surface area contributed by atoms with Crippen molar-refractivity contribution in [3.63, 3.8) is 0 Å². The van der Waals surface area contributed by atoms with E-state index in [2.05, 4.69) is 11.4 Å². The van der Waals surface area contributed by atoms with Gasteiger partial charge >= 0.3 is 0 Å². The topological polar surface area (TPSA) is 101 Å². The molecule has 0 saturated heterocycles. The Bertz CT molecular complexity index is 842. The van der Waals surface area contributed by atoms with E-state index < -0.39 is 23.3 Å². The molecule has 1 aromatic carbocycles. The third-order valence-corrected chi connectivity index (χ3v) is 4.26. The number of carbonyl (C=O) groups excluding carboxylic acids is 1. The predicted molar refractivity (Wildman–Crippen MR) is 108 cm³/mol. The van der Waals surface area contributed by atoms with Gasteiger partial charge in [-0.25, -0.2) is 4.79 Å². The van der Waals surface area contributed by atoms with Crippen molar-refractivity contribution in [1.82, 2.24) is 5.32 Å². The van der Waals surface area contributed by atoms with Gasteiger partial charge in [-0.2, -0.15) is 5.26 Å². The van der Waals surface area contributed by atoms with E-state index in [1.54, 1.807) is 44.2 Å². The first-order valence-electron chi connectivity index (χ1n) is 9.39. The fraction of sp³-hybridized carbons (Fsp3) is 0.500. The highest BCUT2D eigenvalue weighted by molar-refractivity contribution is 5.46. The first-order chi connectivity index (χ1) is 13.6. The van der Waals surface area contributed by atoms with Crippen LogP contribution in [0.5, 0.6) is 5.75 Å². The molecule has 2 rings (SSSR count). The molecule has 0 aromatic heterocycles. The van der Waals surface area contributed by atoms with Crippen molar-refractivity contribution in [2.75, 3.05) is 13.2 Å². The monoisotopic (exact) mass is 400 g/mol. The summed E-state index contributed by atoms with van der Waals surface area (Å²) in [5, 5.41) is 23.3. The molecule has 7 nitrogen and oxygen atoms in total. The highest BCUT2D eigenvalue weighted by Crippen LogP contribution is 2.40. The van der Waals surface area contributed by atoms with E-state index in [0.29, 0.717) is 22.6 Å². The van der Waals surface area contributed by atoms with Crippen molar-refractivity contribution in [2.24, 2.45) is 0 Å². The lowest BCUT2D eigenvalue weighted by atomic mass is 9.86. The van der Waals surface area contributed by atoms with Gasteiger partial charge in [-0.15, -0.1) is 0 Å². The maximum Gasteiger partial charge on any atom is 0.138 e. The molecule has 1 heterocycles. The van der Waals surface area contributed by atoms with Gasteiger partial charge in [0.15, 0.2) is 0 Å². The van der Waals surface area contributed by atoms with Gasteiger partial charge in [0.1, 0.15) is 41.4 Å². The number of hydrogen-bond acceptors (Lipinski definition) is 7. The lowest BCUT2D eigenvalue weighted by Crippen LogP contribution is -2.51. The summed E-state index contributed by atoms with van der Waals surface area (Å²) in [6, 6.07) is 6.71. The Morgan fingerprint density at radius 2 is 2.14 bits per heavy atom. The maximum absolute atomic E-state index is 10.9. The van der Waals surface area contributed by atoms with Crippen molar-refractivity contribution < 1.29 is 24.1 Å². The molecule has 1 aromatic rings. The van der Waals surface area contributed by atoms with E-state index in [1.165, 1.54) is 6.08 Å². The van der Waals surface area contributed by atoms with E-state index in [9.17, 15) is 15.2 Å². The number of hydrogen-bond donors (Lipinski definition) is 2. The molecule has 0 unspecified atom stereocenters. The molecule has 2 atom stereocenters. The van der Waals surface area contributed by atoms with Crippen molar-refractivity contribution >= 4 is 5.94 Å². The zero-order valence-corrected chi connectivity index (χ0v) is 17.5. The number of rotatable bonds is 7. The van der Waals surface area contributed by atoms with Crippen molar-refractivity contribution in [1.29, 1.82) is 5.26 Å². The lowest BCUT2D eigenvalue weighted by molar-refractivity contribution is -0.0626. The number of fused-ring (bicyclic) bond motifs is 1. The molecule has 0 fully saturated rings. The maximum atomic E-state index is 10.9. The second-order valence-electron chi connectivity index (χ2n) is 8.32. The first-order valence-corrected chi connectivity index (χ1v) is 9.39. The number of nitrogens with zero attached hydrogens (tertiary/aromatic N) is 1. The van der Waals surface area contributed by atoms with Crippen LogP contribution in [0.1, 0.15) is 51.8 Å². The van der Waals surface area contributed by atoms with Crippen LogP contribution in [-0.4, -0.2) is 41.6 Å². The first kappa shape index (κ1) is 22.5. The lowest BCUT2D eigenvalue weighted by Gasteiger charge is -2.42. The zero-order valence-electron chi connectivity index (χ0n) is 17.5. The third-order valence-electron chi connectivity index (χ3n) is 4.26. The zero-order chi connectivity index (χ0) is 21.7. The molecular formula is C22H28N2O5. The molecule has 0 amide bonds. The van der Waals surface area contributed by atoms with Crippen LogP contribution < -0.4 is 10.1 Å². The van der Waals surface area contributed by atoms with Crippen molar-refractivity contribution in [3.8, 4) is 11.8 Å². The second-order valence-corrected chi connectivity index (χ2v) is 8.32. The molecule has 0 aliphatic carbocycles. The molecule has 2 N–H and O–H groups in total. The quantitative estimate of drug-likeness (QED) is 0.412. The van der Waals surface area contributed by atoms with Crippen LogP contribution in [0.2, 0.25) is 0 Å². The minimum Gasteiger partial charge on any atom is -0.489 e. The summed E-state index contributed by atoms with van der Waals surface area (Å²) in [6.07, 6.45) is 2.01. The third kappa shape index (κ3) is 6.10. The van der Waals surface area contributed by atoms with Crippen LogP contribution in [0.4, 0.5) is 0 Å². The van der Waals surface area contributed by atoms with Gasteiger partial charge in [-0.05, 0) is 52.8 Å². The Labute approximate surface area is 171 Å². The van der Waals surface area contributed by atoms with Gasteiger partial charge in [0.25, 0.3) is 0 Å². The van der Waals surface area contributed by atoms with Gasteiger partial charge in [0.2, 0.25) is 0 Å². The van der Waals surface area contributed by atoms with Crippen molar-refractivity contribution in [3.05, 3.63) is 47.4 Å². The van der Waals surface area contributed by atoms with Crippen LogP contribution in [0.15, 0.2) is 36.2 Å². The number of nitrogens with one attached hydrogen (secondary N) is 1. The summed E-state index contributed by atoms with van der Waals surface area (Å²) in [7, 11) is 0. The summed E-state index contributed by atoms with van der Waals surface area (Å²) in [5.74, 6) is 2.77. The average Bonchev–Trinajstić information content (AvgIpc) is 2.63. The van der Waals surface area contributed by atoms with Crippen LogP contribution in [0, 0.1) is 11.3 Å². The fourth-order valence-corrected chi connectivity index (χ4v) is 2.98. The normalized spacial score (nSPS) is 20.5. The highest BCUT2D eigenvalue weighted by Gasteiger charge is 2.42. The van der Waals surface area contributed by atoms with Gasteiger partial charge in [0.05, 0.1) is 24.3 Å². The fourth-order valence-electron chi connectivity index (χ4n) is 2.98. The summed E-state index contributed by atoms with van der Waals surface area (Å²) < 4.78 is 17.3. The van der Waals surface area contributed by atoms with E-state index in [-0.39, 0.29) is 13.2 Å². The molecule has 7 heteroatoms.